The van der Waals surface area contributed by atoms with Crippen molar-refractivity contribution >= 4 is 12.1 Å². The van der Waals surface area contributed by atoms with Crippen molar-refractivity contribution in [1.82, 2.24) is 5.32 Å². The third kappa shape index (κ3) is 4.46. The fourth-order valence-electron chi connectivity index (χ4n) is 4.05. The van der Waals surface area contributed by atoms with Crippen molar-refractivity contribution < 1.29 is 28.2 Å². The molecule has 0 bridgehead atoms. The molecule has 0 radical (unpaired) electrons. The Morgan fingerprint density at radius 3 is 2.16 bits per heavy atom. The standard InChI is InChI=1S/C25H21F2NO4/c26-21-11-9-15(13-22(21)27)10-12-23(24(29)30)28-25(31)32-14-20-18-7-3-1-5-16(18)17-6-2-4-8-19(17)20/h1-9,11,13,20,23H,10,12,14H2,(H,28,31)(H,29,30)/t23-/m1/s1. The molecule has 0 unspecified atom stereocenters. The lowest BCUT2D eigenvalue weighted by Crippen LogP contribution is -2.41. The van der Waals surface area contributed by atoms with E-state index in [-0.39, 0.29) is 25.4 Å². The predicted molar refractivity (Wildman–Crippen MR) is 114 cm³/mol. The molecule has 164 valence electrons. The van der Waals surface area contributed by atoms with Gasteiger partial charge in [0.1, 0.15) is 12.6 Å². The van der Waals surface area contributed by atoms with Gasteiger partial charge in [-0.25, -0.2) is 18.4 Å². The van der Waals surface area contributed by atoms with Crippen molar-refractivity contribution in [2.75, 3.05) is 6.61 Å². The number of carbonyl (C=O) groups is 2. The number of halogens is 2. The van der Waals surface area contributed by atoms with E-state index in [1.54, 1.807) is 0 Å². The molecule has 32 heavy (non-hydrogen) atoms. The van der Waals surface area contributed by atoms with Crippen LogP contribution in [0.1, 0.15) is 29.0 Å². The average molecular weight is 437 g/mol. The van der Waals surface area contributed by atoms with Crippen molar-refractivity contribution in [2.24, 2.45) is 0 Å². The number of benzene rings is 3. The second-order valence-corrected chi connectivity index (χ2v) is 7.65. The second kappa shape index (κ2) is 9.18. The summed E-state index contributed by atoms with van der Waals surface area (Å²) in [5.74, 6) is -3.35. The minimum Gasteiger partial charge on any atom is -0.480 e. The maximum absolute atomic E-state index is 13.4. The minimum atomic E-state index is -1.24. The van der Waals surface area contributed by atoms with Crippen LogP contribution in [0.5, 0.6) is 0 Å². The van der Waals surface area contributed by atoms with Crippen LogP contribution in [0.2, 0.25) is 0 Å². The lowest BCUT2D eigenvalue weighted by atomic mass is 9.98. The Morgan fingerprint density at radius 2 is 1.56 bits per heavy atom. The molecule has 0 saturated heterocycles. The van der Waals surface area contributed by atoms with Gasteiger partial charge >= 0.3 is 12.1 Å². The Balaban J connectivity index is 1.38. The number of fused-ring (bicyclic) bond motifs is 3. The highest BCUT2D eigenvalue weighted by molar-refractivity contribution is 5.81. The number of carboxylic acids is 1. The number of carbonyl (C=O) groups excluding carboxylic acids is 1. The average Bonchev–Trinajstić information content (AvgIpc) is 3.11. The maximum atomic E-state index is 13.4. The van der Waals surface area contributed by atoms with Crippen LogP contribution in [-0.4, -0.2) is 29.8 Å². The van der Waals surface area contributed by atoms with Gasteiger partial charge in [-0.05, 0) is 52.8 Å². The summed E-state index contributed by atoms with van der Waals surface area (Å²) >= 11 is 0. The van der Waals surface area contributed by atoms with E-state index in [9.17, 15) is 23.5 Å². The van der Waals surface area contributed by atoms with Gasteiger partial charge in [0.2, 0.25) is 0 Å². The molecule has 0 spiro atoms. The molecule has 0 aliphatic heterocycles. The molecular weight excluding hydrogens is 416 g/mol. The Hall–Kier alpha value is -3.74. The first-order chi connectivity index (χ1) is 15.4. The monoisotopic (exact) mass is 437 g/mol. The summed E-state index contributed by atoms with van der Waals surface area (Å²) in [6, 6.07) is 17.9. The normalized spacial score (nSPS) is 13.2. The summed E-state index contributed by atoms with van der Waals surface area (Å²) in [5.41, 5.74) is 4.72. The van der Waals surface area contributed by atoms with Crippen LogP contribution in [0.3, 0.4) is 0 Å². The van der Waals surface area contributed by atoms with Crippen molar-refractivity contribution in [2.45, 2.75) is 24.8 Å². The van der Waals surface area contributed by atoms with E-state index < -0.39 is 29.7 Å². The van der Waals surface area contributed by atoms with Gasteiger partial charge in [0, 0.05) is 5.92 Å². The molecule has 1 aliphatic carbocycles. The highest BCUT2D eigenvalue weighted by atomic mass is 19.2. The predicted octanol–water partition coefficient (Wildman–Crippen LogP) is 4.89. The van der Waals surface area contributed by atoms with Crippen LogP contribution in [0.25, 0.3) is 11.1 Å². The molecule has 5 nitrogen and oxygen atoms in total. The number of hydrogen-bond donors (Lipinski definition) is 2. The molecule has 0 aromatic heterocycles. The molecule has 1 amide bonds. The van der Waals surface area contributed by atoms with Crippen LogP contribution in [-0.2, 0) is 16.0 Å². The van der Waals surface area contributed by atoms with Gasteiger partial charge in [-0.2, -0.15) is 0 Å². The molecule has 0 heterocycles. The zero-order chi connectivity index (χ0) is 22.7. The molecule has 7 heteroatoms. The van der Waals surface area contributed by atoms with E-state index in [4.69, 9.17) is 4.74 Å². The molecule has 1 aliphatic rings. The van der Waals surface area contributed by atoms with Crippen LogP contribution in [0.4, 0.5) is 13.6 Å². The Morgan fingerprint density at radius 1 is 0.938 bits per heavy atom. The van der Waals surface area contributed by atoms with Crippen LogP contribution < -0.4 is 5.32 Å². The van der Waals surface area contributed by atoms with Crippen LogP contribution >= 0.6 is 0 Å². The van der Waals surface area contributed by atoms with E-state index in [2.05, 4.69) is 5.32 Å². The summed E-state index contributed by atoms with van der Waals surface area (Å²) in [7, 11) is 0. The third-order valence-corrected chi connectivity index (χ3v) is 5.64. The zero-order valence-electron chi connectivity index (χ0n) is 17.1. The number of aliphatic carboxylic acids is 1. The van der Waals surface area contributed by atoms with E-state index >= 15 is 0 Å². The molecule has 0 saturated carbocycles. The number of nitrogens with one attached hydrogen (secondary N) is 1. The number of amides is 1. The largest absolute Gasteiger partial charge is 0.480 e. The van der Waals surface area contributed by atoms with E-state index in [0.29, 0.717) is 5.56 Å². The Kier molecular flexibility index (Phi) is 6.16. The molecule has 4 rings (SSSR count). The van der Waals surface area contributed by atoms with Gasteiger partial charge < -0.3 is 15.2 Å². The molecule has 3 aromatic rings. The smallest absolute Gasteiger partial charge is 0.407 e. The van der Waals surface area contributed by atoms with Gasteiger partial charge in [0.05, 0.1) is 0 Å². The second-order valence-electron chi connectivity index (χ2n) is 7.65. The summed E-state index contributed by atoms with van der Waals surface area (Å²) in [4.78, 5) is 23.9. The van der Waals surface area contributed by atoms with Gasteiger partial charge in [-0.3, -0.25) is 0 Å². The lowest BCUT2D eigenvalue weighted by Gasteiger charge is -2.17. The molecule has 0 fully saturated rings. The number of hydrogen-bond acceptors (Lipinski definition) is 3. The number of ether oxygens (including phenoxy) is 1. The first kappa shape index (κ1) is 21.5. The minimum absolute atomic E-state index is 0.00456. The van der Waals surface area contributed by atoms with Crippen molar-refractivity contribution in [3.05, 3.63) is 95.1 Å². The highest BCUT2D eigenvalue weighted by Crippen LogP contribution is 2.44. The molecule has 3 aromatic carbocycles. The molecule has 2 N–H and O–H groups in total. The fourth-order valence-corrected chi connectivity index (χ4v) is 4.05. The van der Waals surface area contributed by atoms with Gasteiger partial charge in [0.25, 0.3) is 0 Å². The summed E-state index contributed by atoms with van der Waals surface area (Å²) < 4.78 is 31.8. The van der Waals surface area contributed by atoms with E-state index in [1.165, 1.54) is 6.07 Å². The van der Waals surface area contributed by atoms with Gasteiger partial charge in [-0.1, -0.05) is 54.6 Å². The van der Waals surface area contributed by atoms with E-state index in [0.717, 1.165) is 34.4 Å². The quantitative estimate of drug-likeness (QED) is 0.552. The first-order valence-corrected chi connectivity index (χ1v) is 10.2. The topological polar surface area (TPSA) is 75.6 Å². The number of carboxylic acid groups (broad SMARTS) is 1. The fraction of sp³-hybridized carbons (Fsp3) is 0.200. The van der Waals surface area contributed by atoms with E-state index in [1.807, 2.05) is 48.5 Å². The summed E-state index contributed by atoms with van der Waals surface area (Å²) in [6.07, 6.45) is -0.688. The Labute approximate surface area is 183 Å². The Bertz CT molecular complexity index is 1120. The first-order valence-electron chi connectivity index (χ1n) is 10.2. The number of alkyl carbamates (subject to hydrolysis) is 1. The SMILES string of the molecule is O=C(N[C@H](CCc1ccc(F)c(F)c1)C(=O)O)OCC1c2ccccc2-c2ccccc21. The molecule has 1 atom stereocenters. The molecular formula is C25H21F2NO4. The highest BCUT2D eigenvalue weighted by Gasteiger charge is 2.29. The van der Waals surface area contributed by atoms with Gasteiger partial charge in [0.15, 0.2) is 11.6 Å². The van der Waals surface area contributed by atoms with Crippen molar-refractivity contribution in [3.8, 4) is 11.1 Å². The van der Waals surface area contributed by atoms with Gasteiger partial charge in [-0.15, -0.1) is 0 Å². The zero-order valence-corrected chi connectivity index (χ0v) is 17.1. The van der Waals surface area contributed by atoms with Crippen molar-refractivity contribution in [3.63, 3.8) is 0 Å². The lowest BCUT2D eigenvalue weighted by molar-refractivity contribution is -0.139. The summed E-state index contributed by atoms with van der Waals surface area (Å²) in [5, 5.41) is 11.8. The summed E-state index contributed by atoms with van der Waals surface area (Å²) in [6.45, 7) is 0.0649. The third-order valence-electron chi connectivity index (χ3n) is 5.64. The maximum Gasteiger partial charge on any atom is 0.407 e. The van der Waals surface area contributed by atoms with Crippen molar-refractivity contribution in [1.29, 1.82) is 0 Å². The number of rotatable bonds is 7. The van der Waals surface area contributed by atoms with Crippen LogP contribution in [0.15, 0.2) is 66.7 Å². The number of aryl methyl sites for hydroxylation is 1. The van der Waals surface area contributed by atoms with Crippen LogP contribution in [0, 0.1) is 11.6 Å².